The molecule has 0 spiro atoms. The van der Waals surface area contributed by atoms with Crippen LogP contribution in [0.3, 0.4) is 0 Å². The van der Waals surface area contributed by atoms with Gasteiger partial charge in [0.25, 0.3) is 0 Å². The average molecular weight is 154 g/mol. The van der Waals surface area contributed by atoms with Gasteiger partial charge in [-0.3, -0.25) is 4.79 Å². The highest BCUT2D eigenvalue weighted by molar-refractivity contribution is 5.75. The molecule has 0 aromatic rings. The zero-order chi connectivity index (χ0) is 8.27. The molecule has 9 nitrogen and oxygen atoms in total. The second kappa shape index (κ2) is 2.65. The molecular weight excluding hydrogens is 152 g/mol. The number of rotatable bonds is 1. The molecule has 1 fully saturated rings. The van der Waals surface area contributed by atoms with Crippen LogP contribution in [-0.4, -0.2) is 22.8 Å². The molecule has 56 valence electrons. The zero-order valence-corrected chi connectivity index (χ0v) is 5.19. The lowest BCUT2D eigenvalue weighted by atomic mass is 11.0. The largest absolute Gasteiger partial charge is 0.349 e. The van der Waals surface area contributed by atoms with Gasteiger partial charge in [0.2, 0.25) is 6.67 Å². The summed E-state index contributed by atoms with van der Waals surface area (Å²) in [5.41, 5.74) is 15.7. The van der Waals surface area contributed by atoms with E-state index in [0.29, 0.717) is 0 Å². The Labute approximate surface area is 60.0 Å². The summed E-state index contributed by atoms with van der Waals surface area (Å²) in [7, 11) is 0. The van der Waals surface area contributed by atoms with E-state index in [4.69, 9.17) is 11.1 Å². The summed E-state index contributed by atoms with van der Waals surface area (Å²) in [5.74, 6) is 0. The van der Waals surface area contributed by atoms with Gasteiger partial charge in [0.1, 0.15) is 0 Å². The van der Waals surface area contributed by atoms with Crippen molar-refractivity contribution in [2.75, 3.05) is 6.67 Å². The van der Waals surface area contributed by atoms with Crippen molar-refractivity contribution in [3.63, 3.8) is 0 Å². The normalized spacial score (nSPS) is 13.1. The van der Waals surface area contributed by atoms with Crippen molar-refractivity contribution < 1.29 is 4.79 Å². The lowest BCUT2D eigenvalue weighted by Crippen LogP contribution is -2.07. The Kier molecular flexibility index (Phi) is 1.69. The predicted molar refractivity (Wildman–Crippen MR) is 32.2 cm³/mol. The molecule has 1 heterocycles. The van der Waals surface area contributed by atoms with Gasteiger partial charge in [-0.2, -0.15) is 4.91 Å². The van der Waals surface area contributed by atoms with E-state index in [1.165, 1.54) is 0 Å². The summed E-state index contributed by atoms with van der Waals surface area (Å²) in [6.07, 6.45) is 0. The number of amides is 2. The van der Waals surface area contributed by atoms with Gasteiger partial charge in [0.05, 0.1) is 0 Å². The van der Waals surface area contributed by atoms with Crippen LogP contribution in [0.4, 0.5) is 4.79 Å². The molecular formula is C2H2N8O. The number of hydrogen-bond donors (Lipinski definition) is 0. The molecule has 0 saturated carbocycles. The second-order valence-corrected chi connectivity index (χ2v) is 1.56. The molecule has 0 aromatic carbocycles. The van der Waals surface area contributed by atoms with Gasteiger partial charge in [-0.05, 0) is 5.53 Å². The van der Waals surface area contributed by atoms with Crippen molar-refractivity contribution in [2.24, 2.45) is 10.3 Å². The van der Waals surface area contributed by atoms with E-state index >= 15 is 0 Å². The summed E-state index contributed by atoms with van der Waals surface area (Å²) < 4.78 is 0. The fraction of sp³-hybridized carbons (Fsp3) is 0.500. The number of carbonyl (C=O) groups excluding carboxylic acids is 1. The van der Waals surface area contributed by atoms with Crippen molar-refractivity contribution in [2.45, 2.75) is 0 Å². The van der Waals surface area contributed by atoms with Crippen LogP contribution in [0.1, 0.15) is 0 Å². The van der Waals surface area contributed by atoms with E-state index in [1.54, 1.807) is 0 Å². The number of hydrogen-bond acceptors (Lipinski definition) is 2. The van der Waals surface area contributed by atoms with Gasteiger partial charge in [-0.25, -0.2) is 0 Å². The van der Waals surface area contributed by atoms with Crippen LogP contribution in [0, 0.1) is 0 Å². The van der Waals surface area contributed by atoms with E-state index in [0.717, 1.165) is 10.1 Å². The third-order valence-corrected chi connectivity index (χ3v) is 0.948. The number of hydrazine groups is 1. The number of urea groups is 1. The molecule has 0 bridgehead atoms. The maximum atomic E-state index is 10.6. The molecule has 0 aromatic heterocycles. The molecule has 0 unspecified atom stereocenters. The number of azide groups is 2. The Bertz CT molecular complexity index is 270. The van der Waals surface area contributed by atoms with E-state index in [9.17, 15) is 4.79 Å². The Morgan fingerprint density at radius 3 is 2.73 bits per heavy atom. The third kappa shape index (κ3) is 1.42. The van der Waals surface area contributed by atoms with Crippen molar-refractivity contribution in [1.29, 1.82) is 0 Å². The predicted octanol–water partition coefficient (Wildman–Crippen LogP) is 1.13. The summed E-state index contributed by atoms with van der Waals surface area (Å²) in [6.45, 7) is 0.169. The zero-order valence-electron chi connectivity index (χ0n) is 5.19. The first kappa shape index (κ1) is 7.00. The lowest BCUT2D eigenvalue weighted by Gasteiger charge is -1.86. The van der Waals surface area contributed by atoms with Crippen LogP contribution >= 0.6 is 0 Å². The van der Waals surface area contributed by atoms with Gasteiger partial charge in [-0.1, -0.05) is 0 Å². The molecule has 1 rings (SSSR count). The molecule has 1 aliphatic rings. The molecule has 0 aliphatic carbocycles. The first-order chi connectivity index (χ1) is 5.29. The van der Waals surface area contributed by atoms with Crippen LogP contribution in [0.15, 0.2) is 10.3 Å². The van der Waals surface area contributed by atoms with Crippen LogP contribution in [-0.2, 0) is 0 Å². The third-order valence-electron chi connectivity index (χ3n) is 0.948. The minimum atomic E-state index is -0.778. The van der Waals surface area contributed by atoms with Gasteiger partial charge >= 0.3 is 6.03 Å². The monoisotopic (exact) mass is 154 g/mol. The van der Waals surface area contributed by atoms with Crippen molar-refractivity contribution >= 4 is 6.03 Å². The Balaban J connectivity index is 2.49. The van der Waals surface area contributed by atoms with E-state index in [1.807, 2.05) is 0 Å². The SMILES string of the molecule is [N-]=[N+]=NC(=O)N1CN1N=[N+]=[N-]. The molecule has 11 heavy (non-hydrogen) atoms. The standard InChI is InChI=1S/C2H2N8O/c3-6-5-2(11)9-1-10(9)8-7-4/h1H2. The minimum absolute atomic E-state index is 0.169. The first-order valence-electron chi connectivity index (χ1n) is 2.48. The van der Waals surface area contributed by atoms with Gasteiger partial charge in [-0.15, -0.1) is 15.7 Å². The maximum Gasteiger partial charge on any atom is 0.349 e. The summed E-state index contributed by atoms with van der Waals surface area (Å²) >= 11 is 0. The first-order valence-corrected chi connectivity index (χ1v) is 2.48. The van der Waals surface area contributed by atoms with Crippen LogP contribution in [0.2, 0.25) is 0 Å². The van der Waals surface area contributed by atoms with E-state index < -0.39 is 6.03 Å². The van der Waals surface area contributed by atoms with Crippen LogP contribution in [0.5, 0.6) is 0 Å². The summed E-state index contributed by atoms with van der Waals surface area (Å²) in [4.78, 5) is 15.2. The topological polar surface area (TPSA) is 121 Å². The van der Waals surface area contributed by atoms with E-state index in [2.05, 4.69) is 20.2 Å². The molecule has 0 radical (unpaired) electrons. The fourth-order valence-electron chi connectivity index (χ4n) is 0.463. The van der Waals surface area contributed by atoms with Crippen molar-refractivity contribution in [1.82, 2.24) is 10.1 Å². The molecule has 1 aliphatic heterocycles. The minimum Gasteiger partial charge on any atom is -0.264 e. The highest BCUT2D eigenvalue weighted by atomic mass is 16.2. The number of nitrogens with zero attached hydrogens (tertiary/aromatic N) is 8. The molecule has 0 N–H and O–H groups in total. The van der Waals surface area contributed by atoms with E-state index in [-0.39, 0.29) is 6.67 Å². The second-order valence-electron chi connectivity index (χ2n) is 1.56. The quantitative estimate of drug-likeness (QED) is 0.243. The molecule has 1 saturated heterocycles. The molecule has 9 heteroatoms. The highest BCUT2D eigenvalue weighted by Crippen LogP contribution is 2.16. The maximum absolute atomic E-state index is 10.6. The highest BCUT2D eigenvalue weighted by Gasteiger charge is 2.40. The van der Waals surface area contributed by atoms with Gasteiger partial charge in [0.15, 0.2) is 0 Å². The molecule has 2 amide bonds. The van der Waals surface area contributed by atoms with Crippen LogP contribution in [0.25, 0.3) is 20.9 Å². The summed E-state index contributed by atoms with van der Waals surface area (Å²) in [5, 5.41) is 7.83. The van der Waals surface area contributed by atoms with Gasteiger partial charge < -0.3 is 0 Å². The fourth-order valence-corrected chi connectivity index (χ4v) is 0.463. The number of carbonyl (C=O) groups is 1. The summed E-state index contributed by atoms with van der Waals surface area (Å²) in [6, 6.07) is -0.778. The Hall–Kier alpha value is -2.11. The van der Waals surface area contributed by atoms with Gasteiger partial charge in [0, 0.05) is 15.2 Å². The lowest BCUT2D eigenvalue weighted by molar-refractivity contribution is 0.219. The smallest absolute Gasteiger partial charge is 0.264 e. The Morgan fingerprint density at radius 2 is 2.18 bits per heavy atom. The Morgan fingerprint density at radius 1 is 1.45 bits per heavy atom. The van der Waals surface area contributed by atoms with Crippen molar-refractivity contribution in [3.05, 3.63) is 20.9 Å². The average Bonchev–Trinajstić information content (AvgIpc) is 2.69. The van der Waals surface area contributed by atoms with Crippen molar-refractivity contribution in [3.8, 4) is 0 Å². The molecule has 0 atom stereocenters. The van der Waals surface area contributed by atoms with Crippen LogP contribution < -0.4 is 0 Å².